The highest BCUT2D eigenvalue weighted by Crippen LogP contribution is 2.15. The van der Waals surface area contributed by atoms with E-state index in [4.69, 9.17) is 9.84 Å². The molecular weight excluding hydrogens is 264 g/mol. The second-order valence-corrected chi connectivity index (χ2v) is 4.71. The Balaban J connectivity index is 1.62. The molecule has 4 heteroatoms. The van der Waals surface area contributed by atoms with E-state index in [9.17, 15) is 0 Å². The smallest absolute Gasteiger partial charge is 0.119 e. The second kappa shape index (κ2) is 6.24. The van der Waals surface area contributed by atoms with E-state index in [1.54, 1.807) is 6.20 Å². The summed E-state index contributed by atoms with van der Waals surface area (Å²) in [6, 6.07) is 17.4. The quantitative estimate of drug-likeness (QED) is 0.781. The Morgan fingerprint density at radius 1 is 0.952 bits per heavy atom. The van der Waals surface area contributed by atoms with Crippen molar-refractivity contribution >= 4 is 0 Å². The van der Waals surface area contributed by atoms with Gasteiger partial charge in [-0.2, -0.15) is 5.10 Å². The predicted molar refractivity (Wildman–Crippen MR) is 80.3 cm³/mol. The Bertz CT molecular complexity index is 674. The predicted octanol–water partition coefficient (Wildman–Crippen LogP) is 2.94. The molecule has 106 valence electrons. The van der Waals surface area contributed by atoms with Crippen LogP contribution in [0.25, 0.3) is 5.69 Å². The molecule has 0 bridgehead atoms. The highest BCUT2D eigenvalue weighted by Gasteiger charge is 1.99. The van der Waals surface area contributed by atoms with Crippen molar-refractivity contribution in [3.05, 3.63) is 78.1 Å². The highest BCUT2D eigenvalue weighted by molar-refractivity contribution is 5.34. The molecule has 1 heterocycles. The van der Waals surface area contributed by atoms with Gasteiger partial charge in [-0.1, -0.05) is 24.3 Å². The lowest BCUT2D eigenvalue weighted by Crippen LogP contribution is -1.98. The van der Waals surface area contributed by atoms with Gasteiger partial charge in [-0.15, -0.1) is 0 Å². The van der Waals surface area contributed by atoms with Gasteiger partial charge in [-0.05, 0) is 41.5 Å². The molecule has 0 unspecified atom stereocenters. The minimum Gasteiger partial charge on any atom is -0.489 e. The summed E-state index contributed by atoms with van der Waals surface area (Å²) in [5.41, 5.74) is 3.00. The standard InChI is InChI=1S/C17H16N2O2/c20-12-14-4-8-17(9-5-14)21-13-15-2-6-16(7-3-15)19-11-1-10-18-19/h1-11,20H,12-13H2. The van der Waals surface area contributed by atoms with E-state index >= 15 is 0 Å². The molecule has 0 fully saturated rings. The van der Waals surface area contributed by atoms with Gasteiger partial charge in [0.1, 0.15) is 12.4 Å². The van der Waals surface area contributed by atoms with Crippen molar-refractivity contribution in [2.24, 2.45) is 0 Å². The number of benzene rings is 2. The average Bonchev–Trinajstić information content (AvgIpc) is 3.08. The van der Waals surface area contributed by atoms with Gasteiger partial charge < -0.3 is 9.84 Å². The molecule has 1 N–H and O–H groups in total. The third-order valence-electron chi connectivity index (χ3n) is 3.22. The molecule has 2 aromatic carbocycles. The van der Waals surface area contributed by atoms with Gasteiger partial charge in [0.05, 0.1) is 12.3 Å². The zero-order valence-electron chi connectivity index (χ0n) is 11.5. The van der Waals surface area contributed by atoms with E-state index in [-0.39, 0.29) is 6.61 Å². The fourth-order valence-electron chi connectivity index (χ4n) is 2.02. The molecule has 0 amide bonds. The van der Waals surface area contributed by atoms with E-state index in [0.29, 0.717) is 6.61 Å². The maximum absolute atomic E-state index is 8.99. The lowest BCUT2D eigenvalue weighted by molar-refractivity contribution is 0.280. The van der Waals surface area contributed by atoms with Crippen molar-refractivity contribution in [1.82, 2.24) is 9.78 Å². The van der Waals surface area contributed by atoms with Crippen LogP contribution in [0.1, 0.15) is 11.1 Å². The first-order valence-corrected chi connectivity index (χ1v) is 6.77. The first kappa shape index (κ1) is 13.4. The fourth-order valence-corrected chi connectivity index (χ4v) is 2.02. The van der Waals surface area contributed by atoms with Crippen LogP contribution in [0.15, 0.2) is 67.0 Å². The number of hydrogen-bond acceptors (Lipinski definition) is 3. The molecule has 0 atom stereocenters. The minimum absolute atomic E-state index is 0.0508. The summed E-state index contributed by atoms with van der Waals surface area (Å²) in [6.45, 7) is 0.563. The van der Waals surface area contributed by atoms with Gasteiger partial charge in [0, 0.05) is 12.4 Å². The van der Waals surface area contributed by atoms with Crippen LogP contribution in [0.5, 0.6) is 5.75 Å². The third-order valence-corrected chi connectivity index (χ3v) is 3.22. The van der Waals surface area contributed by atoms with Gasteiger partial charge in [0.15, 0.2) is 0 Å². The first-order chi connectivity index (χ1) is 10.3. The molecule has 4 nitrogen and oxygen atoms in total. The topological polar surface area (TPSA) is 47.3 Å². The Hall–Kier alpha value is -2.59. The Labute approximate surface area is 123 Å². The van der Waals surface area contributed by atoms with Crippen LogP contribution in [-0.2, 0) is 13.2 Å². The van der Waals surface area contributed by atoms with Gasteiger partial charge in [-0.25, -0.2) is 4.68 Å². The molecule has 0 aliphatic heterocycles. The monoisotopic (exact) mass is 280 g/mol. The van der Waals surface area contributed by atoms with Gasteiger partial charge in [0.25, 0.3) is 0 Å². The molecule has 0 spiro atoms. The molecule has 0 aliphatic carbocycles. The lowest BCUT2D eigenvalue weighted by Gasteiger charge is -2.08. The molecule has 1 aromatic heterocycles. The molecule has 3 aromatic rings. The molecule has 0 aliphatic rings. The van der Waals surface area contributed by atoms with Crippen molar-refractivity contribution in [3.63, 3.8) is 0 Å². The van der Waals surface area contributed by atoms with Crippen molar-refractivity contribution in [2.45, 2.75) is 13.2 Å². The van der Waals surface area contributed by atoms with Crippen molar-refractivity contribution in [3.8, 4) is 11.4 Å². The van der Waals surface area contributed by atoms with Crippen LogP contribution >= 0.6 is 0 Å². The number of nitrogens with zero attached hydrogens (tertiary/aromatic N) is 2. The zero-order chi connectivity index (χ0) is 14.5. The Morgan fingerprint density at radius 2 is 1.67 bits per heavy atom. The second-order valence-electron chi connectivity index (χ2n) is 4.71. The normalized spacial score (nSPS) is 10.5. The number of ether oxygens (including phenoxy) is 1. The van der Waals surface area contributed by atoms with Crippen molar-refractivity contribution < 1.29 is 9.84 Å². The number of aromatic nitrogens is 2. The Morgan fingerprint density at radius 3 is 2.29 bits per heavy atom. The summed E-state index contributed by atoms with van der Waals surface area (Å²) < 4.78 is 7.54. The van der Waals surface area contributed by atoms with Gasteiger partial charge in [-0.3, -0.25) is 0 Å². The Kier molecular flexibility index (Phi) is 3.98. The van der Waals surface area contributed by atoms with Crippen LogP contribution in [0, 0.1) is 0 Å². The third kappa shape index (κ3) is 3.30. The first-order valence-electron chi connectivity index (χ1n) is 6.77. The van der Waals surface area contributed by atoms with Crippen LogP contribution in [0.3, 0.4) is 0 Å². The average molecular weight is 280 g/mol. The number of aliphatic hydroxyl groups is 1. The molecule has 0 saturated heterocycles. The van der Waals surface area contributed by atoms with Gasteiger partial charge in [0.2, 0.25) is 0 Å². The van der Waals surface area contributed by atoms with Crippen LogP contribution in [0.4, 0.5) is 0 Å². The maximum Gasteiger partial charge on any atom is 0.119 e. The lowest BCUT2D eigenvalue weighted by atomic mass is 10.2. The molecular formula is C17H16N2O2. The summed E-state index contributed by atoms with van der Waals surface area (Å²) in [5.74, 6) is 0.795. The number of aliphatic hydroxyl groups excluding tert-OH is 1. The van der Waals surface area contributed by atoms with Crippen molar-refractivity contribution in [1.29, 1.82) is 0 Å². The summed E-state index contributed by atoms with van der Waals surface area (Å²) >= 11 is 0. The van der Waals surface area contributed by atoms with Gasteiger partial charge >= 0.3 is 0 Å². The highest BCUT2D eigenvalue weighted by atomic mass is 16.5. The SMILES string of the molecule is OCc1ccc(OCc2ccc(-n3cccn3)cc2)cc1. The summed E-state index contributed by atoms with van der Waals surface area (Å²) in [5, 5.41) is 13.2. The minimum atomic E-state index is 0.0508. The zero-order valence-corrected chi connectivity index (χ0v) is 11.5. The summed E-state index contributed by atoms with van der Waals surface area (Å²) in [4.78, 5) is 0. The molecule has 0 radical (unpaired) electrons. The van der Waals surface area contributed by atoms with Crippen LogP contribution in [-0.4, -0.2) is 14.9 Å². The van der Waals surface area contributed by atoms with E-state index in [1.807, 2.05) is 65.5 Å². The molecule has 21 heavy (non-hydrogen) atoms. The van der Waals surface area contributed by atoms with Crippen LogP contribution < -0.4 is 4.74 Å². The summed E-state index contributed by atoms with van der Waals surface area (Å²) in [6.07, 6.45) is 3.67. The maximum atomic E-state index is 8.99. The fraction of sp³-hybridized carbons (Fsp3) is 0.118. The van der Waals surface area contributed by atoms with E-state index < -0.39 is 0 Å². The molecule has 0 saturated carbocycles. The summed E-state index contributed by atoms with van der Waals surface area (Å²) in [7, 11) is 0. The molecule has 3 rings (SSSR count). The number of rotatable bonds is 5. The largest absolute Gasteiger partial charge is 0.489 e. The van der Waals surface area contributed by atoms with E-state index in [2.05, 4.69) is 5.10 Å². The van der Waals surface area contributed by atoms with Crippen molar-refractivity contribution in [2.75, 3.05) is 0 Å². The van der Waals surface area contributed by atoms with E-state index in [1.165, 1.54) is 0 Å². The van der Waals surface area contributed by atoms with E-state index in [0.717, 1.165) is 22.6 Å². The van der Waals surface area contributed by atoms with Crippen LogP contribution in [0.2, 0.25) is 0 Å². The number of hydrogen-bond donors (Lipinski definition) is 1.